The van der Waals surface area contributed by atoms with Crippen molar-refractivity contribution in [1.29, 1.82) is 0 Å². The Kier molecular flexibility index (Phi) is 4.14. The smallest absolute Gasteiger partial charge is 0.389 e. The minimum atomic E-state index is -4.21. The number of aryl methyl sites for hydroxylation is 2. The standard InChI is InChI=1S/C14H21F3N2O/c1-3-11-7-12(19(2)18-11)9-13(20)6-4-5-10(8-13)14(15,16)17/h7,10,20H,3-6,8-9H2,1-2H3. The highest BCUT2D eigenvalue weighted by Crippen LogP contribution is 2.42. The fourth-order valence-electron chi connectivity index (χ4n) is 3.03. The van der Waals surface area contributed by atoms with Gasteiger partial charge in [0.25, 0.3) is 0 Å². The number of aromatic nitrogens is 2. The van der Waals surface area contributed by atoms with Crippen LogP contribution >= 0.6 is 0 Å². The number of hydrogen-bond donors (Lipinski definition) is 1. The van der Waals surface area contributed by atoms with Crippen LogP contribution in [0.4, 0.5) is 13.2 Å². The Balaban J connectivity index is 2.12. The molecule has 1 aliphatic rings. The molecular formula is C14H21F3N2O. The van der Waals surface area contributed by atoms with Gasteiger partial charge in [0.05, 0.1) is 17.2 Å². The van der Waals surface area contributed by atoms with Crippen LogP contribution in [0.25, 0.3) is 0 Å². The first-order valence-corrected chi connectivity index (χ1v) is 7.04. The molecular weight excluding hydrogens is 269 g/mol. The van der Waals surface area contributed by atoms with Crippen LogP contribution in [0.15, 0.2) is 6.07 Å². The van der Waals surface area contributed by atoms with Crippen molar-refractivity contribution in [2.45, 2.75) is 57.2 Å². The molecule has 0 saturated heterocycles. The molecule has 0 amide bonds. The van der Waals surface area contributed by atoms with Gasteiger partial charge in [0.2, 0.25) is 0 Å². The van der Waals surface area contributed by atoms with E-state index in [-0.39, 0.29) is 19.3 Å². The molecule has 2 atom stereocenters. The quantitative estimate of drug-likeness (QED) is 0.929. The summed E-state index contributed by atoms with van der Waals surface area (Å²) < 4.78 is 40.2. The summed E-state index contributed by atoms with van der Waals surface area (Å²) in [7, 11) is 1.77. The van der Waals surface area contributed by atoms with Crippen molar-refractivity contribution in [2.24, 2.45) is 13.0 Å². The summed E-state index contributed by atoms with van der Waals surface area (Å²) in [5, 5.41) is 14.8. The van der Waals surface area contributed by atoms with Crippen molar-refractivity contribution in [3.8, 4) is 0 Å². The molecule has 2 rings (SSSR count). The van der Waals surface area contributed by atoms with Crippen LogP contribution in [0.1, 0.15) is 44.0 Å². The lowest BCUT2D eigenvalue weighted by Gasteiger charge is -2.37. The second kappa shape index (κ2) is 5.39. The predicted molar refractivity (Wildman–Crippen MR) is 69.3 cm³/mol. The van der Waals surface area contributed by atoms with Gasteiger partial charge in [-0.3, -0.25) is 4.68 Å². The van der Waals surface area contributed by atoms with Gasteiger partial charge in [0.1, 0.15) is 0 Å². The molecule has 0 radical (unpaired) electrons. The van der Waals surface area contributed by atoms with Crippen LogP contribution in [-0.2, 0) is 19.9 Å². The van der Waals surface area contributed by atoms with E-state index in [9.17, 15) is 18.3 Å². The lowest BCUT2D eigenvalue weighted by molar-refractivity contribution is -0.200. The molecule has 114 valence electrons. The summed E-state index contributed by atoms with van der Waals surface area (Å²) in [5.41, 5.74) is 0.429. The van der Waals surface area contributed by atoms with E-state index in [0.717, 1.165) is 17.8 Å². The molecule has 1 heterocycles. The second-order valence-electron chi connectivity index (χ2n) is 5.84. The number of alkyl halides is 3. The maximum absolute atomic E-state index is 12.8. The van der Waals surface area contributed by atoms with E-state index in [2.05, 4.69) is 5.10 Å². The monoisotopic (exact) mass is 290 g/mol. The van der Waals surface area contributed by atoms with E-state index in [1.807, 2.05) is 13.0 Å². The first-order valence-electron chi connectivity index (χ1n) is 7.04. The second-order valence-corrected chi connectivity index (χ2v) is 5.84. The minimum Gasteiger partial charge on any atom is -0.389 e. The van der Waals surface area contributed by atoms with Crippen LogP contribution in [0, 0.1) is 5.92 Å². The highest BCUT2D eigenvalue weighted by Gasteiger charge is 2.47. The zero-order valence-corrected chi connectivity index (χ0v) is 11.9. The van der Waals surface area contributed by atoms with Crippen molar-refractivity contribution in [1.82, 2.24) is 9.78 Å². The minimum absolute atomic E-state index is 0.122. The van der Waals surface area contributed by atoms with Gasteiger partial charge in [-0.05, 0) is 38.2 Å². The van der Waals surface area contributed by atoms with Crippen molar-refractivity contribution in [3.05, 3.63) is 17.5 Å². The molecule has 20 heavy (non-hydrogen) atoms. The molecule has 6 heteroatoms. The van der Waals surface area contributed by atoms with Crippen LogP contribution in [0.3, 0.4) is 0 Å². The van der Waals surface area contributed by atoms with E-state index in [0.29, 0.717) is 12.8 Å². The van der Waals surface area contributed by atoms with E-state index in [4.69, 9.17) is 0 Å². The van der Waals surface area contributed by atoms with Crippen LogP contribution in [-0.4, -0.2) is 26.7 Å². The van der Waals surface area contributed by atoms with Gasteiger partial charge in [-0.2, -0.15) is 18.3 Å². The Morgan fingerprint density at radius 1 is 1.50 bits per heavy atom. The average Bonchev–Trinajstić information content (AvgIpc) is 2.68. The number of halogens is 3. The third-order valence-electron chi connectivity index (χ3n) is 4.18. The first-order chi connectivity index (χ1) is 9.23. The number of rotatable bonds is 3. The van der Waals surface area contributed by atoms with Crippen LogP contribution in [0.2, 0.25) is 0 Å². The summed E-state index contributed by atoms with van der Waals surface area (Å²) in [6.07, 6.45) is -2.44. The lowest BCUT2D eigenvalue weighted by atomic mass is 9.75. The normalized spacial score (nSPS) is 27.8. The predicted octanol–water partition coefficient (Wildman–Crippen LogP) is 3.01. The Morgan fingerprint density at radius 3 is 2.75 bits per heavy atom. The largest absolute Gasteiger partial charge is 0.391 e. The molecule has 1 N–H and O–H groups in total. The van der Waals surface area contributed by atoms with Crippen molar-refractivity contribution >= 4 is 0 Å². The van der Waals surface area contributed by atoms with E-state index >= 15 is 0 Å². The van der Waals surface area contributed by atoms with Crippen molar-refractivity contribution in [3.63, 3.8) is 0 Å². The molecule has 1 aliphatic carbocycles. The summed E-state index contributed by atoms with van der Waals surface area (Å²) in [5.74, 6) is -1.39. The molecule has 0 spiro atoms. The zero-order chi connectivity index (χ0) is 15.0. The Morgan fingerprint density at radius 2 is 2.20 bits per heavy atom. The number of aliphatic hydroxyl groups is 1. The van der Waals surface area contributed by atoms with Crippen LogP contribution in [0.5, 0.6) is 0 Å². The van der Waals surface area contributed by atoms with E-state index < -0.39 is 17.7 Å². The lowest BCUT2D eigenvalue weighted by Crippen LogP contribution is -2.42. The third-order valence-corrected chi connectivity index (χ3v) is 4.18. The summed E-state index contributed by atoms with van der Waals surface area (Å²) in [6, 6.07) is 1.87. The fraction of sp³-hybridized carbons (Fsp3) is 0.786. The Hall–Kier alpha value is -1.04. The third kappa shape index (κ3) is 3.34. The molecule has 1 aromatic rings. The Labute approximate surface area is 116 Å². The van der Waals surface area contributed by atoms with Crippen molar-refractivity contribution in [2.75, 3.05) is 0 Å². The van der Waals surface area contributed by atoms with Gasteiger partial charge in [-0.1, -0.05) is 6.92 Å². The van der Waals surface area contributed by atoms with Crippen molar-refractivity contribution < 1.29 is 18.3 Å². The van der Waals surface area contributed by atoms with Gasteiger partial charge in [-0.15, -0.1) is 0 Å². The maximum Gasteiger partial charge on any atom is 0.391 e. The van der Waals surface area contributed by atoms with Gasteiger partial charge in [-0.25, -0.2) is 0 Å². The highest BCUT2D eigenvalue weighted by molar-refractivity contribution is 5.13. The highest BCUT2D eigenvalue weighted by atomic mass is 19.4. The van der Waals surface area contributed by atoms with E-state index in [1.165, 1.54) is 0 Å². The molecule has 1 aromatic heterocycles. The molecule has 1 fully saturated rings. The van der Waals surface area contributed by atoms with Gasteiger partial charge < -0.3 is 5.11 Å². The topological polar surface area (TPSA) is 38.0 Å². The van der Waals surface area contributed by atoms with Gasteiger partial charge in [0, 0.05) is 19.2 Å². The summed E-state index contributed by atoms with van der Waals surface area (Å²) >= 11 is 0. The molecule has 0 aromatic carbocycles. The number of nitrogens with zero attached hydrogens (tertiary/aromatic N) is 2. The molecule has 2 unspecified atom stereocenters. The molecule has 3 nitrogen and oxygen atoms in total. The van der Waals surface area contributed by atoms with Crippen LogP contribution < -0.4 is 0 Å². The molecule has 1 saturated carbocycles. The summed E-state index contributed by atoms with van der Waals surface area (Å²) in [4.78, 5) is 0. The zero-order valence-electron chi connectivity index (χ0n) is 11.9. The Bertz CT molecular complexity index is 469. The fourth-order valence-corrected chi connectivity index (χ4v) is 3.03. The van der Waals surface area contributed by atoms with Gasteiger partial charge in [0.15, 0.2) is 0 Å². The summed E-state index contributed by atoms with van der Waals surface area (Å²) in [6.45, 7) is 1.97. The molecule has 0 aliphatic heterocycles. The maximum atomic E-state index is 12.8. The average molecular weight is 290 g/mol. The van der Waals surface area contributed by atoms with Gasteiger partial charge >= 0.3 is 6.18 Å². The SMILES string of the molecule is CCc1cc(CC2(O)CCCC(C(F)(F)F)C2)n(C)n1. The van der Waals surface area contributed by atoms with E-state index in [1.54, 1.807) is 11.7 Å². The first kappa shape index (κ1) is 15.4. The molecule has 0 bridgehead atoms. The number of hydrogen-bond acceptors (Lipinski definition) is 2.